The van der Waals surface area contributed by atoms with Crippen LogP contribution in [-0.2, 0) is 5.41 Å². The average Bonchev–Trinajstić information content (AvgIpc) is 2.72. The van der Waals surface area contributed by atoms with Gasteiger partial charge in [0.05, 0.1) is 0 Å². The largest absolute Gasteiger partial charge is 0.485 e. The zero-order chi connectivity index (χ0) is 21.0. The number of hydrogen-bond donors (Lipinski definition) is 0. The molecule has 2 nitrogen and oxygen atoms in total. The third kappa shape index (κ3) is 5.14. The van der Waals surface area contributed by atoms with Gasteiger partial charge in [0, 0.05) is 5.56 Å². The minimum absolute atomic E-state index is 0.0624. The van der Waals surface area contributed by atoms with Crippen LogP contribution in [0.2, 0.25) is 0 Å². The van der Waals surface area contributed by atoms with Crippen molar-refractivity contribution in [3.63, 3.8) is 0 Å². The minimum Gasteiger partial charge on any atom is -0.485 e. The van der Waals surface area contributed by atoms with Crippen LogP contribution in [0.4, 0.5) is 0 Å². The summed E-state index contributed by atoms with van der Waals surface area (Å²) in [6.45, 7) is 11.0. The van der Waals surface area contributed by atoms with Gasteiger partial charge in [0.15, 0.2) is 0 Å². The molecule has 3 aromatic rings. The maximum atomic E-state index is 10.9. The second-order valence-corrected chi connectivity index (χ2v) is 8.92. The summed E-state index contributed by atoms with van der Waals surface area (Å²) in [6, 6.07) is 24.7. The molecule has 0 heterocycles. The van der Waals surface area contributed by atoms with Gasteiger partial charge in [0.2, 0.25) is 0 Å². The van der Waals surface area contributed by atoms with E-state index in [2.05, 4.69) is 71.0 Å². The van der Waals surface area contributed by atoms with Gasteiger partial charge in [-0.2, -0.15) is 0 Å². The Kier molecular flexibility index (Phi) is 6.22. The molecule has 0 aliphatic rings. The van der Waals surface area contributed by atoms with E-state index >= 15 is 0 Å². The Morgan fingerprint density at radius 1 is 0.759 bits per heavy atom. The number of aldehydes is 1. The Balaban J connectivity index is 1.77. The molecule has 0 aromatic heterocycles. The summed E-state index contributed by atoms with van der Waals surface area (Å²) >= 11 is 0. The van der Waals surface area contributed by atoms with Crippen LogP contribution >= 0.6 is 0 Å². The third-order valence-electron chi connectivity index (χ3n) is 5.21. The number of hydrogen-bond acceptors (Lipinski definition) is 2. The van der Waals surface area contributed by atoms with Gasteiger partial charge in [-0.15, -0.1) is 0 Å². The zero-order valence-corrected chi connectivity index (χ0v) is 18.0. The molecule has 1 atom stereocenters. The molecular weight excluding hydrogens is 356 g/mol. The lowest BCUT2D eigenvalue weighted by Gasteiger charge is -2.23. The van der Waals surface area contributed by atoms with E-state index in [-0.39, 0.29) is 11.5 Å². The van der Waals surface area contributed by atoms with Crippen LogP contribution in [0, 0.1) is 5.92 Å². The Bertz CT molecular complexity index is 928. The number of rotatable bonds is 6. The summed E-state index contributed by atoms with van der Waals surface area (Å²) < 4.78 is 6.30. The molecule has 29 heavy (non-hydrogen) atoms. The van der Waals surface area contributed by atoms with E-state index in [1.54, 1.807) is 0 Å². The summed E-state index contributed by atoms with van der Waals surface area (Å²) in [5.74, 6) is 1.15. The van der Waals surface area contributed by atoms with Crippen molar-refractivity contribution in [3.05, 3.63) is 89.5 Å². The molecule has 0 N–H and O–H groups in total. The first kappa shape index (κ1) is 20.9. The monoisotopic (exact) mass is 386 g/mol. The fourth-order valence-corrected chi connectivity index (χ4v) is 3.39. The molecular formula is C27H30O2. The number of carbonyl (C=O) groups excluding carboxylic acids is 1. The van der Waals surface area contributed by atoms with E-state index in [0.29, 0.717) is 11.5 Å². The Labute approximate surface area is 174 Å². The second-order valence-electron chi connectivity index (χ2n) is 8.92. The first-order valence-electron chi connectivity index (χ1n) is 10.2. The molecule has 0 aliphatic carbocycles. The zero-order valence-electron chi connectivity index (χ0n) is 18.0. The molecule has 1 unspecified atom stereocenters. The molecule has 0 radical (unpaired) electrons. The van der Waals surface area contributed by atoms with Crippen LogP contribution in [0.1, 0.15) is 62.2 Å². The molecule has 0 saturated heterocycles. The fraction of sp³-hybridized carbons (Fsp3) is 0.296. The maximum Gasteiger partial charge on any atom is 0.150 e. The van der Waals surface area contributed by atoms with E-state index in [4.69, 9.17) is 4.74 Å². The van der Waals surface area contributed by atoms with Crippen LogP contribution in [0.3, 0.4) is 0 Å². The molecule has 0 bridgehead atoms. The quantitative estimate of drug-likeness (QED) is 0.417. The first-order valence-corrected chi connectivity index (χ1v) is 10.2. The summed E-state index contributed by atoms with van der Waals surface area (Å²) in [5, 5.41) is 0. The lowest BCUT2D eigenvalue weighted by Crippen LogP contribution is -2.14. The van der Waals surface area contributed by atoms with Gasteiger partial charge >= 0.3 is 0 Å². The van der Waals surface area contributed by atoms with Crippen LogP contribution in [-0.4, -0.2) is 6.29 Å². The molecule has 0 aliphatic heterocycles. The van der Waals surface area contributed by atoms with Gasteiger partial charge in [0.25, 0.3) is 0 Å². The Morgan fingerprint density at radius 3 is 1.72 bits per heavy atom. The Morgan fingerprint density at radius 2 is 1.28 bits per heavy atom. The van der Waals surface area contributed by atoms with Crippen LogP contribution in [0.5, 0.6) is 5.75 Å². The summed E-state index contributed by atoms with van der Waals surface area (Å²) in [7, 11) is 0. The van der Waals surface area contributed by atoms with Crippen molar-refractivity contribution in [2.24, 2.45) is 5.92 Å². The number of ether oxygens (including phenoxy) is 1. The lowest BCUT2D eigenvalue weighted by molar-refractivity contribution is 0.112. The van der Waals surface area contributed by atoms with Crippen molar-refractivity contribution in [2.75, 3.05) is 0 Å². The summed E-state index contributed by atoms with van der Waals surface area (Å²) in [5.41, 5.74) is 5.63. The molecule has 3 rings (SSSR count). The molecule has 3 aromatic carbocycles. The molecule has 0 saturated carbocycles. The predicted octanol–water partition coefficient (Wildman–Crippen LogP) is 7.24. The summed E-state index contributed by atoms with van der Waals surface area (Å²) in [4.78, 5) is 10.9. The first-order chi connectivity index (χ1) is 13.8. The van der Waals surface area contributed by atoms with Gasteiger partial charge in [-0.3, -0.25) is 4.79 Å². The average molecular weight is 387 g/mol. The minimum atomic E-state index is -0.0624. The van der Waals surface area contributed by atoms with Crippen LogP contribution < -0.4 is 4.74 Å². The lowest BCUT2D eigenvalue weighted by atomic mass is 9.86. The number of benzene rings is 3. The van der Waals surface area contributed by atoms with E-state index in [1.807, 2.05) is 36.4 Å². The Hall–Kier alpha value is -2.87. The standard InChI is InChI=1S/C27H30O2/c1-19(2)26(23-8-6-20(18-28)7-9-23)29-25-16-12-22(13-17-25)21-10-14-24(15-11-21)27(3,4)5/h6-19,26H,1-5H3. The normalized spacial score (nSPS) is 12.6. The molecule has 2 heteroatoms. The second kappa shape index (κ2) is 8.65. The topological polar surface area (TPSA) is 26.3 Å². The number of carbonyl (C=O) groups is 1. The van der Waals surface area contributed by atoms with Gasteiger partial charge in [-0.25, -0.2) is 0 Å². The molecule has 0 spiro atoms. The predicted molar refractivity (Wildman–Crippen MR) is 121 cm³/mol. The van der Waals surface area contributed by atoms with Gasteiger partial charge < -0.3 is 4.74 Å². The fourth-order valence-electron chi connectivity index (χ4n) is 3.39. The van der Waals surface area contributed by atoms with Crippen molar-refractivity contribution in [2.45, 2.75) is 46.1 Å². The highest BCUT2D eigenvalue weighted by Crippen LogP contribution is 2.31. The van der Waals surface area contributed by atoms with E-state index < -0.39 is 0 Å². The smallest absolute Gasteiger partial charge is 0.150 e. The van der Waals surface area contributed by atoms with E-state index in [0.717, 1.165) is 17.6 Å². The van der Waals surface area contributed by atoms with Gasteiger partial charge in [-0.1, -0.05) is 95.3 Å². The molecule has 0 amide bonds. The third-order valence-corrected chi connectivity index (χ3v) is 5.21. The maximum absolute atomic E-state index is 10.9. The van der Waals surface area contributed by atoms with Crippen LogP contribution in [0.15, 0.2) is 72.8 Å². The van der Waals surface area contributed by atoms with Gasteiger partial charge in [0.1, 0.15) is 18.1 Å². The molecule has 150 valence electrons. The van der Waals surface area contributed by atoms with Gasteiger partial charge in [-0.05, 0) is 45.7 Å². The SMILES string of the molecule is CC(C)C(Oc1ccc(-c2ccc(C(C)(C)C)cc2)cc1)c1ccc(C=O)cc1. The highest BCUT2D eigenvalue weighted by atomic mass is 16.5. The van der Waals surface area contributed by atoms with Crippen LogP contribution in [0.25, 0.3) is 11.1 Å². The molecule has 0 fully saturated rings. The van der Waals surface area contributed by atoms with Crippen molar-refractivity contribution in [3.8, 4) is 16.9 Å². The highest BCUT2D eigenvalue weighted by Gasteiger charge is 2.18. The van der Waals surface area contributed by atoms with E-state index in [9.17, 15) is 4.79 Å². The summed E-state index contributed by atoms with van der Waals surface area (Å²) in [6.07, 6.45) is 0.800. The van der Waals surface area contributed by atoms with Crippen molar-refractivity contribution < 1.29 is 9.53 Å². The van der Waals surface area contributed by atoms with E-state index in [1.165, 1.54) is 16.7 Å². The van der Waals surface area contributed by atoms with Crippen molar-refractivity contribution in [1.82, 2.24) is 0 Å². The van der Waals surface area contributed by atoms with Crippen molar-refractivity contribution in [1.29, 1.82) is 0 Å². The van der Waals surface area contributed by atoms with Crippen molar-refractivity contribution >= 4 is 6.29 Å². The highest BCUT2D eigenvalue weighted by molar-refractivity contribution is 5.74.